The minimum atomic E-state index is 0.503. The molecule has 1 unspecified atom stereocenters. The molecule has 1 aliphatic carbocycles. The first kappa shape index (κ1) is 15.1. The number of hydrogen-bond acceptors (Lipinski definition) is 2. The number of ether oxygens (including phenoxy) is 1. The Labute approximate surface area is 123 Å². The van der Waals surface area contributed by atoms with Gasteiger partial charge >= 0.3 is 0 Å². The van der Waals surface area contributed by atoms with Crippen molar-refractivity contribution >= 4 is 0 Å². The molecule has 2 nitrogen and oxygen atoms in total. The number of rotatable bonds is 7. The van der Waals surface area contributed by atoms with Crippen LogP contribution >= 0.6 is 0 Å². The van der Waals surface area contributed by atoms with Gasteiger partial charge in [-0.2, -0.15) is 0 Å². The molecular formula is C18H27NO. The summed E-state index contributed by atoms with van der Waals surface area (Å²) in [4.78, 5) is 0. The summed E-state index contributed by atoms with van der Waals surface area (Å²) in [5, 5.41) is 3.66. The van der Waals surface area contributed by atoms with Crippen molar-refractivity contribution in [1.29, 1.82) is 0 Å². The van der Waals surface area contributed by atoms with Crippen molar-refractivity contribution in [2.75, 3.05) is 13.2 Å². The van der Waals surface area contributed by atoms with Crippen LogP contribution < -0.4 is 10.1 Å². The fraction of sp³-hybridized carbons (Fsp3) is 0.556. The average molecular weight is 273 g/mol. The Bertz CT molecular complexity index is 453. The SMILES string of the molecule is C=C(C)CCOc1cccc2c1CCCC2NCCC. The zero-order chi connectivity index (χ0) is 14.4. The Balaban J connectivity index is 2.09. The quantitative estimate of drug-likeness (QED) is 0.743. The van der Waals surface area contributed by atoms with E-state index < -0.39 is 0 Å². The van der Waals surface area contributed by atoms with E-state index in [2.05, 4.69) is 43.9 Å². The first-order valence-corrected chi connectivity index (χ1v) is 7.84. The first-order chi connectivity index (χ1) is 9.72. The van der Waals surface area contributed by atoms with Gasteiger partial charge in [-0.25, -0.2) is 0 Å². The van der Waals surface area contributed by atoms with Gasteiger partial charge in [0.05, 0.1) is 6.61 Å². The second kappa shape index (κ2) is 7.49. The van der Waals surface area contributed by atoms with Crippen LogP contribution in [0.1, 0.15) is 56.7 Å². The third-order valence-electron chi connectivity index (χ3n) is 3.89. The lowest BCUT2D eigenvalue weighted by molar-refractivity contribution is 0.314. The zero-order valence-electron chi connectivity index (χ0n) is 12.9. The fourth-order valence-electron chi connectivity index (χ4n) is 2.82. The van der Waals surface area contributed by atoms with Gasteiger partial charge in [-0.05, 0) is 56.3 Å². The van der Waals surface area contributed by atoms with E-state index in [1.165, 1.54) is 36.0 Å². The number of nitrogens with one attached hydrogen (secondary N) is 1. The molecule has 0 radical (unpaired) electrons. The van der Waals surface area contributed by atoms with Gasteiger partial charge in [0.2, 0.25) is 0 Å². The molecule has 0 fully saturated rings. The second-order valence-electron chi connectivity index (χ2n) is 5.78. The predicted molar refractivity (Wildman–Crippen MR) is 85.3 cm³/mol. The number of fused-ring (bicyclic) bond motifs is 1. The third-order valence-corrected chi connectivity index (χ3v) is 3.89. The van der Waals surface area contributed by atoms with Crippen molar-refractivity contribution in [3.8, 4) is 5.75 Å². The summed E-state index contributed by atoms with van der Waals surface area (Å²) in [6.45, 7) is 10.0. The summed E-state index contributed by atoms with van der Waals surface area (Å²) in [5.74, 6) is 1.08. The molecule has 0 bridgehead atoms. The van der Waals surface area contributed by atoms with Crippen LogP contribution in [0.4, 0.5) is 0 Å². The van der Waals surface area contributed by atoms with Crippen molar-refractivity contribution in [2.24, 2.45) is 0 Å². The summed E-state index contributed by atoms with van der Waals surface area (Å²) < 4.78 is 5.98. The van der Waals surface area contributed by atoms with Gasteiger partial charge in [-0.15, -0.1) is 6.58 Å². The Hall–Kier alpha value is -1.28. The normalized spacial score (nSPS) is 17.6. The van der Waals surface area contributed by atoms with Gasteiger partial charge in [0.25, 0.3) is 0 Å². The largest absolute Gasteiger partial charge is 0.493 e. The minimum absolute atomic E-state index is 0.503. The van der Waals surface area contributed by atoms with Crippen molar-refractivity contribution < 1.29 is 4.74 Å². The van der Waals surface area contributed by atoms with Crippen LogP contribution in [0, 0.1) is 0 Å². The number of hydrogen-bond donors (Lipinski definition) is 1. The molecule has 20 heavy (non-hydrogen) atoms. The van der Waals surface area contributed by atoms with Crippen LogP contribution in [0.5, 0.6) is 5.75 Å². The maximum atomic E-state index is 5.98. The standard InChI is InChI=1S/C18H27NO/c1-4-12-19-17-9-5-8-16-15(17)7-6-10-18(16)20-13-11-14(2)3/h6-7,10,17,19H,2,4-5,8-9,11-13H2,1,3H3. The van der Waals surface area contributed by atoms with E-state index in [9.17, 15) is 0 Å². The molecule has 0 saturated heterocycles. The summed E-state index contributed by atoms with van der Waals surface area (Å²) in [7, 11) is 0. The highest BCUT2D eigenvalue weighted by atomic mass is 16.5. The molecule has 0 aliphatic heterocycles. The van der Waals surface area contributed by atoms with E-state index in [0.717, 1.165) is 31.7 Å². The van der Waals surface area contributed by atoms with Gasteiger partial charge in [-0.3, -0.25) is 0 Å². The zero-order valence-corrected chi connectivity index (χ0v) is 12.9. The van der Waals surface area contributed by atoms with E-state index in [1.807, 2.05) is 0 Å². The summed E-state index contributed by atoms with van der Waals surface area (Å²) in [5.41, 5.74) is 4.03. The Kier molecular flexibility index (Phi) is 5.66. The van der Waals surface area contributed by atoms with Crippen molar-refractivity contribution in [2.45, 2.75) is 52.0 Å². The van der Waals surface area contributed by atoms with E-state index in [1.54, 1.807) is 0 Å². The first-order valence-electron chi connectivity index (χ1n) is 7.84. The molecule has 0 aromatic heterocycles. The van der Waals surface area contributed by atoms with Gasteiger partial charge in [-0.1, -0.05) is 24.6 Å². The van der Waals surface area contributed by atoms with Gasteiger partial charge in [0.15, 0.2) is 0 Å². The van der Waals surface area contributed by atoms with Crippen molar-refractivity contribution in [1.82, 2.24) is 5.32 Å². The monoisotopic (exact) mass is 273 g/mol. The highest BCUT2D eigenvalue weighted by Crippen LogP contribution is 2.35. The molecule has 1 aromatic rings. The van der Waals surface area contributed by atoms with E-state index >= 15 is 0 Å². The Morgan fingerprint density at radius 3 is 3.05 bits per heavy atom. The molecule has 1 N–H and O–H groups in total. The van der Waals surface area contributed by atoms with Gasteiger partial charge in [0, 0.05) is 12.5 Å². The van der Waals surface area contributed by atoms with Crippen LogP contribution in [-0.2, 0) is 6.42 Å². The molecule has 2 rings (SSSR count). The molecule has 1 aliphatic rings. The predicted octanol–water partition coefficient (Wildman–Crippen LogP) is 4.41. The molecule has 0 heterocycles. The number of benzene rings is 1. The summed E-state index contributed by atoms with van der Waals surface area (Å²) in [6.07, 6.45) is 5.74. The molecule has 0 amide bonds. The lowest BCUT2D eigenvalue weighted by Gasteiger charge is -2.28. The smallest absolute Gasteiger partial charge is 0.122 e. The van der Waals surface area contributed by atoms with Crippen LogP contribution in [0.25, 0.3) is 0 Å². The topological polar surface area (TPSA) is 21.3 Å². The van der Waals surface area contributed by atoms with Gasteiger partial charge < -0.3 is 10.1 Å². The molecular weight excluding hydrogens is 246 g/mol. The lowest BCUT2D eigenvalue weighted by Crippen LogP contribution is -2.26. The van der Waals surface area contributed by atoms with Crippen LogP contribution in [0.3, 0.4) is 0 Å². The van der Waals surface area contributed by atoms with Crippen LogP contribution in [0.2, 0.25) is 0 Å². The highest BCUT2D eigenvalue weighted by Gasteiger charge is 2.22. The average Bonchev–Trinajstić information content (AvgIpc) is 2.45. The second-order valence-corrected chi connectivity index (χ2v) is 5.78. The molecule has 0 spiro atoms. The maximum absolute atomic E-state index is 5.98. The molecule has 0 saturated carbocycles. The minimum Gasteiger partial charge on any atom is -0.493 e. The Morgan fingerprint density at radius 1 is 1.45 bits per heavy atom. The molecule has 110 valence electrons. The highest BCUT2D eigenvalue weighted by molar-refractivity contribution is 5.43. The Morgan fingerprint density at radius 2 is 2.30 bits per heavy atom. The summed E-state index contributed by atoms with van der Waals surface area (Å²) in [6, 6.07) is 7.00. The van der Waals surface area contributed by atoms with E-state index in [4.69, 9.17) is 4.74 Å². The third kappa shape index (κ3) is 3.86. The maximum Gasteiger partial charge on any atom is 0.122 e. The molecule has 1 atom stereocenters. The molecule has 1 aromatic carbocycles. The van der Waals surface area contributed by atoms with Crippen molar-refractivity contribution in [3.05, 3.63) is 41.5 Å². The molecule has 2 heteroatoms. The summed E-state index contributed by atoms with van der Waals surface area (Å²) >= 11 is 0. The van der Waals surface area contributed by atoms with E-state index in [0.29, 0.717) is 6.04 Å². The lowest BCUT2D eigenvalue weighted by atomic mass is 9.87. The fourth-order valence-corrected chi connectivity index (χ4v) is 2.82. The van der Waals surface area contributed by atoms with Crippen LogP contribution in [-0.4, -0.2) is 13.2 Å². The van der Waals surface area contributed by atoms with E-state index in [-0.39, 0.29) is 0 Å². The van der Waals surface area contributed by atoms with Gasteiger partial charge in [0.1, 0.15) is 5.75 Å². The van der Waals surface area contributed by atoms with Crippen molar-refractivity contribution in [3.63, 3.8) is 0 Å². The van der Waals surface area contributed by atoms with Crippen LogP contribution in [0.15, 0.2) is 30.4 Å².